The maximum atomic E-state index is 13.1. The largest absolute Gasteiger partial charge is 0.417 e. The van der Waals surface area contributed by atoms with Crippen LogP contribution in [0.1, 0.15) is 25.8 Å². The van der Waals surface area contributed by atoms with E-state index in [1.54, 1.807) is 0 Å². The molecule has 0 atom stereocenters. The molecule has 14 heteroatoms. The Morgan fingerprint density at radius 2 is 1.82 bits per heavy atom. The number of carbonyl (C=O) groups is 1. The van der Waals surface area contributed by atoms with Gasteiger partial charge in [0.05, 0.1) is 23.9 Å². The van der Waals surface area contributed by atoms with E-state index in [2.05, 4.69) is 30.6 Å². The van der Waals surface area contributed by atoms with Crippen LogP contribution in [-0.4, -0.2) is 44.1 Å². The van der Waals surface area contributed by atoms with Crippen molar-refractivity contribution in [3.63, 3.8) is 0 Å². The Kier molecular flexibility index (Phi) is 6.13. The quantitative estimate of drug-likeness (QED) is 0.402. The van der Waals surface area contributed by atoms with Crippen LogP contribution in [0.3, 0.4) is 0 Å². The molecule has 3 aromatic rings. The molecule has 178 valence electrons. The zero-order chi connectivity index (χ0) is 24.6. The number of carbonyl (C=O) groups excluding carboxylic acids is 1. The van der Waals surface area contributed by atoms with Gasteiger partial charge in [-0.3, -0.25) is 4.79 Å². The molecule has 0 aromatic carbocycles. The highest BCUT2D eigenvalue weighted by atomic mass is 19.4. The summed E-state index contributed by atoms with van der Waals surface area (Å²) in [6, 6.07) is 0.904. The molecule has 3 heterocycles. The number of hydrogen-bond acceptors (Lipinski definition) is 6. The predicted molar refractivity (Wildman–Crippen MR) is 108 cm³/mol. The molecule has 8 nitrogen and oxygen atoms in total. The fourth-order valence-corrected chi connectivity index (χ4v) is 2.90. The molecule has 5 N–H and O–H groups in total. The standard InChI is InChI=1S/C19H19F6N7O/c1-17(2,15(33)27-4-3-18(20,21)22)32-16-30-8-12(26)13(31-16)11-7-29-14-10(11)5-9(6-28-14)19(23,24)25/h5-8H,3-4,26H2,1-2H3,(H,27,33)(H,28,29)(H,30,31,32). The van der Waals surface area contributed by atoms with Gasteiger partial charge in [-0.05, 0) is 19.9 Å². The van der Waals surface area contributed by atoms with Crippen LogP contribution in [0, 0.1) is 0 Å². The Bertz CT molecular complexity index is 1170. The second kappa shape index (κ2) is 8.41. The van der Waals surface area contributed by atoms with Crippen molar-refractivity contribution in [1.82, 2.24) is 25.3 Å². The van der Waals surface area contributed by atoms with Gasteiger partial charge in [-0.15, -0.1) is 0 Å². The number of hydrogen-bond donors (Lipinski definition) is 4. The molecule has 0 bridgehead atoms. The Morgan fingerprint density at radius 1 is 1.12 bits per heavy atom. The summed E-state index contributed by atoms with van der Waals surface area (Å²) in [5.41, 5.74) is 4.08. The molecule has 0 fully saturated rings. The third-order valence-electron chi connectivity index (χ3n) is 4.62. The summed E-state index contributed by atoms with van der Waals surface area (Å²) in [5, 5.41) is 4.99. The molecule has 3 rings (SSSR count). The van der Waals surface area contributed by atoms with Crippen LogP contribution < -0.4 is 16.4 Å². The molecule has 0 spiro atoms. The van der Waals surface area contributed by atoms with Gasteiger partial charge in [-0.2, -0.15) is 26.3 Å². The fourth-order valence-electron chi connectivity index (χ4n) is 2.90. The lowest BCUT2D eigenvalue weighted by atomic mass is 10.0. The van der Waals surface area contributed by atoms with Crippen molar-refractivity contribution in [2.75, 3.05) is 17.6 Å². The van der Waals surface area contributed by atoms with Crippen LogP contribution in [0.5, 0.6) is 0 Å². The van der Waals surface area contributed by atoms with E-state index in [0.29, 0.717) is 6.20 Å². The number of aromatic amines is 1. The number of nitrogen functional groups attached to an aromatic ring is 1. The number of fused-ring (bicyclic) bond motifs is 1. The number of amides is 1. The first-order valence-corrected chi connectivity index (χ1v) is 9.48. The summed E-state index contributed by atoms with van der Waals surface area (Å²) in [6.45, 7) is 2.20. The third kappa shape index (κ3) is 5.62. The minimum Gasteiger partial charge on any atom is -0.396 e. The van der Waals surface area contributed by atoms with Crippen molar-refractivity contribution in [3.8, 4) is 11.3 Å². The smallest absolute Gasteiger partial charge is 0.396 e. The number of nitrogens with one attached hydrogen (secondary N) is 3. The summed E-state index contributed by atoms with van der Waals surface area (Å²) >= 11 is 0. The fraction of sp³-hybridized carbons (Fsp3) is 0.368. The van der Waals surface area contributed by atoms with Gasteiger partial charge in [-0.25, -0.2) is 15.0 Å². The zero-order valence-electron chi connectivity index (χ0n) is 17.3. The van der Waals surface area contributed by atoms with Crippen molar-refractivity contribution >= 4 is 28.6 Å². The highest BCUT2D eigenvalue weighted by Crippen LogP contribution is 2.35. The second-order valence-electron chi connectivity index (χ2n) is 7.69. The highest BCUT2D eigenvalue weighted by molar-refractivity contribution is 5.96. The van der Waals surface area contributed by atoms with Crippen LogP contribution in [0.15, 0.2) is 24.7 Å². The first-order valence-electron chi connectivity index (χ1n) is 9.48. The molecule has 0 radical (unpaired) electrons. The topological polar surface area (TPSA) is 122 Å². The van der Waals surface area contributed by atoms with Gasteiger partial charge < -0.3 is 21.4 Å². The number of nitrogens with zero attached hydrogens (tertiary/aromatic N) is 3. The summed E-state index contributed by atoms with van der Waals surface area (Å²) in [6.07, 6.45) is -6.94. The first-order chi connectivity index (χ1) is 15.2. The van der Waals surface area contributed by atoms with Gasteiger partial charge in [0.15, 0.2) is 0 Å². The number of nitrogens with two attached hydrogens (primary N) is 1. The molecular formula is C19H19F6N7O. The summed E-state index contributed by atoms with van der Waals surface area (Å²) < 4.78 is 76.2. The number of alkyl halides is 6. The highest BCUT2D eigenvalue weighted by Gasteiger charge is 2.33. The molecule has 0 unspecified atom stereocenters. The van der Waals surface area contributed by atoms with Crippen molar-refractivity contribution in [3.05, 3.63) is 30.2 Å². The van der Waals surface area contributed by atoms with Crippen LogP contribution in [0.4, 0.5) is 38.0 Å². The SMILES string of the molecule is CC(C)(Nc1ncc(N)c(-c2c[nH]c3ncc(C(F)(F)F)cc23)n1)C(=O)NCCC(F)(F)F. The van der Waals surface area contributed by atoms with Crippen LogP contribution in [0.2, 0.25) is 0 Å². The maximum Gasteiger partial charge on any atom is 0.417 e. The van der Waals surface area contributed by atoms with E-state index in [0.717, 1.165) is 6.07 Å². The average Bonchev–Trinajstić information content (AvgIpc) is 3.10. The van der Waals surface area contributed by atoms with Crippen molar-refractivity contribution in [1.29, 1.82) is 0 Å². The molecule has 0 saturated heterocycles. The third-order valence-corrected chi connectivity index (χ3v) is 4.62. The minimum atomic E-state index is -4.61. The molecule has 0 aliphatic rings. The van der Waals surface area contributed by atoms with Gasteiger partial charge in [-0.1, -0.05) is 0 Å². The number of halogens is 6. The molecular weight excluding hydrogens is 456 g/mol. The van der Waals surface area contributed by atoms with E-state index < -0.39 is 42.3 Å². The number of H-pyrrole nitrogens is 1. The van der Waals surface area contributed by atoms with Crippen molar-refractivity contribution < 1.29 is 31.1 Å². The van der Waals surface area contributed by atoms with Crippen LogP contribution in [-0.2, 0) is 11.0 Å². The Balaban J connectivity index is 1.88. The van der Waals surface area contributed by atoms with E-state index in [4.69, 9.17) is 5.73 Å². The molecule has 33 heavy (non-hydrogen) atoms. The second-order valence-corrected chi connectivity index (χ2v) is 7.69. The molecule has 0 aliphatic heterocycles. The maximum absolute atomic E-state index is 13.1. The van der Waals surface area contributed by atoms with E-state index in [9.17, 15) is 31.1 Å². The van der Waals surface area contributed by atoms with Gasteiger partial charge >= 0.3 is 12.4 Å². The monoisotopic (exact) mass is 475 g/mol. The molecule has 3 aromatic heterocycles. The van der Waals surface area contributed by atoms with Crippen LogP contribution in [0.25, 0.3) is 22.3 Å². The Morgan fingerprint density at radius 3 is 2.45 bits per heavy atom. The van der Waals surface area contributed by atoms with E-state index in [-0.39, 0.29) is 33.9 Å². The number of anilines is 2. The Labute approximate surface area is 183 Å². The first kappa shape index (κ1) is 24.1. The summed E-state index contributed by atoms with van der Waals surface area (Å²) in [5.74, 6) is -0.843. The van der Waals surface area contributed by atoms with E-state index in [1.165, 1.54) is 26.2 Å². The van der Waals surface area contributed by atoms with Crippen molar-refractivity contribution in [2.24, 2.45) is 0 Å². The van der Waals surface area contributed by atoms with Crippen molar-refractivity contribution in [2.45, 2.75) is 38.2 Å². The Hall–Kier alpha value is -3.58. The number of pyridine rings is 1. The summed E-state index contributed by atoms with van der Waals surface area (Å²) in [4.78, 5) is 27.0. The van der Waals surface area contributed by atoms with Gasteiger partial charge in [0.1, 0.15) is 16.9 Å². The normalized spacial score (nSPS) is 12.7. The predicted octanol–water partition coefficient (Wildman–Crippen LogP) is 3.88. The van der Waals surface area contributed by atoms with Gasteiger partial charge in [0.25, 0.3) is 0 Å². The molecule has 0 aliphatic carbocycles. The number of aromatic nitrogens is 4. The lowest BCUT2D eigenvalue weighted by Crippen LogP contribution is -2.49. The lowest BCUT2D eigenvalue weighted by molar-refractivity contribution is -0.138. The number of rotatable bonds is 6. The van der Waals surface area contributed by atoms with Gasteiger partial charge in [0.2, 0.25) is 11.9 Å². The molecule has 1 amide bonds. The average molecular weight is 475 g/mol. The lowest BCUT2D eigenvalue weighted by Gasteiger charge is -2.25. The summed E-state index contributed by atoms with van der Waals surface area (Å²) in [7, 11) is 0. The van der Waals surface area contributed by atoms with Crippen LogP contribution >= 0.6 is 0 Å². The van der Waals surface area contributed by atoms with E-state index in [1.807, 2.05) is 0 Å². The van der Waals surface area contributed by atoms with E-state index >= 15 is 0 Å². The molecule has 0 saturated carbocycles. The zero-order valence-corrected chi connectivity index (χ0v) is 17.3. The minimum absolute atomic E-state index is 0.0475. The van der Waals surface area contributed by atoms with Gasteiger partial charge in [0, 0.05) is 29.9 Å².